The Balaban J connectivity index is 1.51. The first kappa shape index (κ1) is 23.8. The van der Waals surface area contributed by atoms with Crippen molar-refractivity contribution >= 4 is 22.6 Å². The van der Waals surface area contributed by atoms with E-state index < -0.39 is 6.04 Å². The number of hydrogen-bond acceptors (Lipinski definition) is 3. The summed E-state index contributed by atoms with van der Waals surface area (Å²) in [5.41, 5.74) is 2.09. The van der Waals surface area contributed by atoms with Crippen molar-refractivity contribution in [3.8, 4) is 5.75 Å². The summed E-state index contributed by atoms with van der Waals surface area (Å²) in [6.07, 6.45) is 5.31. The summed E-state index contributed by atoms with van der Waals surface area (Å²) >= 11 is 0. The van der Waals surface area contributed by atoms with Gasteiger partial charge < -0.3 is 15.0 Å². The van der Waals surface area contributed by atoms with Crippen molar-refractivity contribution in [3.05, 3.63) is 77.9 Å². The van der Waals surface area contributed by atoms with Crippen molar-refractivity contribution in [1.82, 2.24) is 10.2 Å². The highest BCUT2D eigenvalue weighted by Gasteiger charge is 2.28. The minimum absolute atomic E-state index is 0.0233. The number of benzene rings is 3. The van der Waals surface area contributed by atoms with Crippen molar-refractivity contribution in [3.63, 3.8) is 0 Å². The van der Waals surface area contributed by atoms with E-state index in [1.807, 2.05) is 49.4 Å². The van der Waals surface area contributed by atoms with Gasteiger partial charge in [0.1, 0.15) is 11.8 Å². The molecule has 1 saturated carbocycles. The molecule has 3 aromatic carbocycles. The van der Waals surface area contributed by atoms with Crippen LogP contribution >= 0.6 is 0 Å². The Kier molecular flexibility index (Phi) is 7.84. The molecule has 1 aliphatic carbocycles. The zero-order valence-electron chi connectivity index (χ0n) is 20.1. The van der Waals surface area contributed by atoms with Crippen LogP contribution in [0.4, 0.5) is 0 Å². The lowest BCUT2D eigenvalue weighted by Crippen LogP contribution is -2.49. The third kappa shape index (κ3) is 5.77. The van der Waals surface area contributed by atoms with Crippen LogP contribution in [0.2, 0.25) is 0 Å². The third-order valence-electron chi connectivity index (χ3n) is 6.84. The van der Waals surface area contributed by atoms with Crippen molar-refractivity contribution in [1.29, 1.82) is 0 Å². The summed E-state index contributed by atoms with van der Waals surface area (Å²) in [4.78, 5) is 28.3. The number of carbonyl (C=O) groups excluding carboxylic acids is 2. The van der Waals surface area contributed by atoms with Gasteiger partial charge >= 0.3 is 0 Å². The molecule has 0 saturated heterocycles. The standard InChI is InChI=1S/C29H34N2O3/c1-21(29(33)30-25-13-4-5-14-25)31(20-22-9-7-15-26(19-22)34-2)28(32)18-17-24-12-8-11-23-10-3-6-16-27(23)24/h3,6-12,15-16,19,21,25H,4-5,13-14,17-18,20H2,1-2H3,(H,30,33). The van der Waals surface area contributed by atoms with E-state index in [1.54, 1.807) is 12.0 Å². The minimum Gasteiger partial charge on any atom is -0.497 e. The van der Waals surface area contributed by atoms with Crippen molar-refractivity contribution in [2.24, 2.45) is 0 Å². The predicted octanol–water partition coefficient (Wildman–Crippen LogP) is 5.26. The number of rotatable bonds is 9. The molecule has 4 rings (SSSR count). The van der Waals surface area contributed by atoms with Gasteiger partial charge in [0.05, 0.1) is 7.11 Å². The molecular formula is C29H34N2O3. The maximum Gasteiger partial charge on any atom is 0.242 e. The van der Waals surface area contributed by atoms with E-state index >= 15 is 0 Å². The van der Waals surface area contributed by atoms with E-state index in [0.29, 0.717) is 19.4 Å². The molecule has 0 radical (unpaired) electrons. The molecule has 5 heteroatoms. The average Bonchev–Trinajstić information content (AvgIpc) is 3.38. The topological polar surface area (TPSA) is 58.6 Å². The number of nitrogens with one attached hydrogen (secondary N) is 1. The lowest BCUT2D eigenvalue weighted by atomic mass is 10.0. The molecule has 1 fully saturated rings. The van der Waals surface area contributed by atoms with Gasteiger partial charge in [-0.1, -0.05) is 67.4 Å². The van der Waals surface area contributed by atoms with Gasteiger partial charge in [0.2, 0.25) is 11.8 Å². The third-order valence-corrected chi connectivity index (χ3v) is 6.84. The minimum atomic E-state index is -0.549. The van der Waals surface area contributed by atoms with Crippen LogP contribution in [-0.4, -0.2) is 35.9 Å². The Morgan fingerprint density at radius 2 is 1.76 bits per heavy atom. The van der Waals surface area contributed by atoms with Crippen LogP contribution in [0.5, 0.6) is 5.75 Å². The van der Waals surface area contributed by atoms with Gasteiger partial charge in [0.25, 0.3) is 0 Å². The van der Waals surface area contributed by atoms with E-state index in [1.165, 1.54) is 10.8 Å². The molecule has 0 heterocycles. The molecule has 0 bridgehead atoms. The van der Waals surface area contributed by atoms with Crippen LogP contribution in [0.25, 0.3) is 10.8 Å². The Bertz CT molecular complexity index is 1130. The number of carbonyl (C=O) groups is 2. The Hall–Kier alpha value is -3.34. The van der Waals surface area contributed by atoms with Crippen LogP contribution in [0.1, 0.15) is 50.2 Å². The predicted molar refractivity (Wildman–Crippen MR) is 136 cm³/mol. The fourth-order valence-corrected chi connectivity index (χ4v) is 4.84. The molecule has 1 atom stereocenters. The van der Waals surface area contributed by atoms with Gasteiger partial charge in [-0.05, 0) is 60.2 Å². The summed E-state index contributed by atoms with van der Waals surface area (Å²) in [7, 11) is 1.63. The van der Waals surface area contributed by atoms with E-state index in [9.17, 15) is 9.59 Å². The largest absolute Gasteiger partial charge is 0.497 e. The molecule has 178 valence electrons. The second-order valence-electron chi connectivity index (χ2n) is 9.18. The number of methoxy groups -OCH3 is 1. The normalized spacial score (nSPS) is 14.6. The van der Waals surface area contributed by atoms with Gasteiger partial charge in [0, 0.05) is 19.0 Å². The Morgan fingerprint density at radius 1 is 1.03 bits per heavy atom. The summed E-state index contributed by atoms with van der Waals surface area (Å²) in [5, 5.41) is 5.50. The quantitative estimate of drug-likeness (QED) is 0.476. The number of amides is 2. The van der Waals surface area contributed by atoms with Crippen molar-refractivity contribution in [2.45, 2.75) is 64.1 Å². The fourth-order valence-electron chi connectivity index (χ4n) is 4.84. The van der Waals surface area contributed by atoms with Crippen molar-refractivity contribution < 1.29 is 14.3 Å². The first-order valence-electron chi connectivity index (χ1n) is 12.2. The molecular weight excluding hydrogens is 424 g/mol. The maximum atomic E-state index is 13.5. The molecule has 0 aliphatic heterocycles. The van der Waals surface area contributed by atoms with Gasteiger partial charge in [-0.3, -0.25) is 9.59 Å². The molecule has 34 heavy (non-hydrogen) atoms. The molecule has 0 aromatic heterocycles. The lowest BCUT2D eigenvalue weighted by molar-refractivity contribution is -0.140. The zero-order chi connectivity index (χ0) is 23.9. The first-order chi connectivity index (χ1) is 16.5. The van der Waals surface area contributed by atoms with Crippen LogP contribution < -0.4 is 10.1 Å². The van der Waals surface area contributed by atoms with E-state index in [0.717, 1.165) is 42.6 Å². The highest BCUT2D eigenvalue weighted by molar-refractivity contribution is 5.89. The molecule has 0 spiro atoms. The summed E-state index contributed by atoms with van der Waals surface area (Å²) in [6.45, 7) is 2.20. The highest BCUT2D eigenvalue weighted by atomic mass is 16.5. The number of fused-ring (bicyclic) bond motifs is 1. The second kappa shape index (κ2) is 11.2. The monoisotopic (exact) mass is 458 g/mol. The molecule has 5 nitrogen and oxygen atoms in total. The summed E-state index contributed by atoms with van der Waals surface area (Å²) in [5.74, 6) is 0.641. The van der Waals surface area contributed by atoms with Crippen molar-refractivity contribution in [2.75, 3.05) is 7.11 Å². The van der Waals surface area contributed by atoms with Gasteiger partial charge in [-0.15, -0.1) is 0 Å². The van der Waals surface area contributed by atoms with E-state index in [4.69, 9.17) is 4.74 Å². The Morgan fingerprint density at radius 3 is 2.56 bits per heavy atom. The second-order valence-corrected chi connectivity index (χ2v) is 9.18. The van der Waals surface area contributed by atoms with Crippen LogP contribution in [0.3, 0.4) is 0 Å². The molecule has 3 aromatic rings. The van der Waals surface area contributed by atoms with Gasteiger partial charge in [0.15, 0.2) is 0 Å². The fraction of sp³-hybridized carbons (Fsp3) is 0.379. The number of nitrogens with zero attached hydrogens (tertiary/aromatic N) is 1. The molecule has 1 unspecified atom stereocenters. The first-order valence-corrected chi connectivity index (χ1v) is 12.2. The number of ether oxygens (including phenoxy) is 1. The van der Waals surface area contributed by atoms with Crippen LogP contribution in [-0.2, 0) is 22.6 Å². The summed E-state index contributed by atoms with van der Waals surface area (Å²) < 4.78 is 5.36. The average molecular weight is 459 g/mol. The SMILES string of the molecule is COc1cccc(CN(C(=O)CCc2cccc3ccccc23)C(C)C(=O)NC2CCCC2)c1. The molecule has 1 N–H and O–H groups in total. The summed E-state index contributed by atoms with van der Waals surface area (Å²) in [6, 6.07) is 21.8. The Labute approximate surface area is 202 Å². The smallest absolute Gasteiger partial charge is 0.242 e. The van der Waals surface area contributed by atoms with Crippen LogP contribution in [0.15, 0.2) is 66.7 Å². The maximum absolute atomic E-state index is 13.5. The number of hydrogen-bond donors (Lipinski definition) is 1. The zero-order valence-corrected chi connectivity index (χ0v) is 20.1. The van der Waals surface area contributed by atoms with Crippen LogP contribution in [0, 0.1) is 0 Å². The van der Waals surface area contributed by atoms with E-state index in [-0.39, 0.29) is 17.9 Å². The number of aryl methyl sites for hydroxylation is 1. The van der Waals surface area contributed by atoms with Gasteiger partial charge in [-0.2, -0.15) is 0 Å². The molecule has 1 aliphatic rings. The molecule has 2 amide bonds. The lowest BCUT2D eigenvalue weighted by Gasteiger charge is -2.30. The highest BCUT2D eigenvalue weighted by Crippen LogP contribution is 2.22. The van der Waals surface area contributed by atoms with E-state index in [2.05, 4.69) is 29.6 Å². The van der Waals surface area contributed by atoms with Gasteiger partial charge in [-0.25, -0.2) is 0 Å².